The van der Waals surface area contributed by atoms with E-state index >= 15 is 0 Å². The summed E-state index contributed by atoms with van der Waals surface area (Å²) in [6.45, 7) is 0. The van der Waals surface area contributed by atoms with E-state index in [1.807, 2.05) is 6.07 Å². The zero-order valence-electron chi connectivity index (χ0n) is 11.6. The highest BCUT2D eigenvalue weighted by Crippen LogP contribution is 2.36. The molecule has 22 heavy (non-hydrogen) atoms. The van der Waals surface area contributed by atoms with Gasteiger partial charge in [0.05, 0.1) is 19.6 Å². The van der Waals surface area contributed by atoms with Crippen LogP contribution in [-0.4, -0.2) is 13.5 Å². The van der Waals surface area contributed by atoms with Gasteiger partial charge in [-0.05, 0) is 17.7 Å². The first kappa shape index (κ1) is 15.7. The molecule has 0 saturated carbocycles. The highest BCUT2D eigenvalue weighted by molar-refractivity contribution is 5.72. The van der Waals surface area contributed by atoms with Gasteiger partial charge < -0.3 is 9.47 Å². The lowest BCUT2D eigenvalue weighted by Crippen LogP contribution is -2.17. The molecule has 2 rings (SSSR count). The SMILES string of the molecule is COc1cc(-c2ccccc2OC(F)(F)F)ccc1CC#N. The van der Waals surface area contributed by atoms with E-state index in [-0.39, 0.29) is 12.2 Å². The van der Waals surface area contributed by atoms with Gasteiger partial charge in [-0.1, -0.05) is 30.3 Å². The van der Waals surface area contributed by atoms with Gasteiger partial charge in [0, 0.05) is 11.1 Å². The standard InChI is InChI=1S/C16H12F3NO2/c1-21-15-10-12(7-6-11(15)8-9-20)13-4-2-3-5-14(13)22-16(17,18)19/h2-7,10H,8H2,1H3. The van der Waals surface area contributed by atoms with Crippen molar-refractivity contribution in [3.05, 3.63) is 48.0 Å². The summed E-state index contributed by atoms with van der Waals surface area (Å²) in [7, 11) is 1.44. The third kappa shape index (κ3) is 3.70. The fourth-order valence-corrected chi connectivity index (χ4v) is 2.06. The van der Waals surface area contributed by atoms with Gasteiger partial charge in [-0.15, -0.1) is 13.2 Å². The van der Waals surface area contributed by atoms with Crippen molar-refractivity contribution in [2.24, 2.45) is 0 Å². The number of ether oxygens (including phenoxy) is 2. The van der Waals surface area contributed by atoms with Crippen molar-refractivity contribution in [3.8, 4) is 28.7 Å². The number of rotatable bonds is 4. The maximum Gasteiger partial charge on any atom is 0.573 e. The van der Waals surface area contributed by atoms with Gasteiger partial charge in [-0.3, -0.25) is 0 Å². The van der Waals surface area contributed by atoms with E-state index in [9.17, 15) is 13.2 Å². The Hall–Kier alpha value is -2.68. The van der Waals surface area contributed by atoms with Gasteiger partial charge in [-0.25, -0.2) is 0 Å². The van der Waals surface area contributed by atoms with Gasteiger partial charge in [0.1, 0.15) is 11.5 Å². The zero-order valence-corrected chi connectivity index (χ0v) is 11.6. The second-order valence-corrected chi connectivity index (χ2v) is 4.41. The summed E-state index contributed by atoms with van der Waals surface area (Å²) in [5.41, 5.74) is 1.47. The molecule has 0 atom stereocenters. The summed E-state index contributed by atoms with van der Waals surface area (Å²) in [5.74, 6) is 0.158. The minimum atomic E-state index is -4.76. The van der Waals surface area contributed by atoms with Crippen LogP contribution >= 0.6 is 0 Å². The topological polar surface area (TPSA) is 42.2 Å². The van der Waals surface area contributed by atoms with Crippen molar-refractivity contribution >= 4 is 0 Å². The summed E-state index contributed by atoms with van der Waals surface area (Å²) < 4.78 is 46.6. The normalized spacial score (nSPS) is 10.9. The molecule has 6 heteroatoms. The van der Waals surface area contributed by atoms with Gasteiger partial charge in [0.15, 0.2) is 0 Å². The molecule has 3 nitrogen and oxygen atoms in total. The lowest BCUT2D eigenvalue weighted by atomic mass is 10.0. The van der Waals surface area contributed by atoms with Gasteiger partial charge in [0.25, 0.3) is 0 Å². The molecular formula is C16H12F3NO2. The summed E-state index contributed by atoms with van der Waals surface area (Å²) >= 11 is 0. The van der Waals surface area contributed by atoms with E-state index < -0.39 is 6.36 Å². The predicted octanol–water partition coefficient (Wildman–Crippen LogP) is 4.33. The minimum Gasteiger partial charge on any atom is -0.496 e. The fourth-order valence-electron chi connectivity index (χ4n) is 2.06. The third-order valence-corrected chi connectivity index (χ3v) is 2.98. The fraction of sp³-hybridized carbons (Fsp3) is 0.188. The first-order valence-electron chi connectivity index (χ1n) is 6.33. The molecule has 0 aromatic heterocycles. The van der Waals surface area contributed by atoms with Crippen molar-refractivity contribution in [2.45, 2.75) is 12.8 Å². The molecule has 0 amide bonds. The van der Waals surface area contributed by atoms with Crippen molar-refractivity contribution < 1.29 is 22.6 Å². The largest absolute Gasteiger partial charge is 0.573 e. The van der Waals surface area contributed by atoms with Crippen LogP contribution in [0.25, 0.3) is 11.1 Å². The Morgan fingerprint density at radius 1 is 1.09 bits per heavy atom. The zero-order chi connectivity index (χ0) is 16.2. The summed E-state index contributed by atoms with van der Waals surface area (Å²) in [6, 6.07) is 12.7. The van der Waals surface area contributed by atoms with E-state index in [2.05, 4.69) is 4.74 Å². The van der Waals surface area contributed by atoms with Crippen molar-refractivity contribution in [1.82, 2.24) is 0 Å². The molecule has 0 bridgehead atoms. The van der Waals surface area contributed by atoms with E-state index in [0.29, 0.717) is 22.4 Å². The summed E-state index contributed by atoms with van der Waals surface area (Å²) in [5, 5.41) is 8.75. The predicted molar refractivity (Wildman–Crippen MR) is 74.4 cm³/mol. The molecule has 0 unspecified atom stereocenters. The van der Waals surface area contributed by atoms with Crippen molar-refractivity contribution in [3.63, 3.8) is 0 Å². The van der Waals surface area contributed by atoms with Gasteiger partial charge >= 0.3 is 6.36 Å². The highest BCUT2D eigenvalue weighted by atomic mass is 19.4. The molecule has 2 aromatic rings. The summed E-state index contributed by atoms with van der Waals surface area (Å²) in [4.78, 5) is 0. The molecule has 0 saturated heterocycles. The van der Waals surface area contributed by atoms with E-state index in [4.69, 9.17) is 10.00 Å². The Labute approximate surface area is 125 Å². The Bertz CT molecular complexity index is 705. The Kier molecular flexibility index (Phi) is 4.56. The first-order valence-corrected chi connectivity index (χ1v) is 6.33. The Morgan fingerprint density at radius 3 is 2.45 bits per heavy atom. The van der Waals surface area contributed by atoms with Crippen molar-refractivity contribution in [1.29, 1.82) is 5.26 Å². The average Bonchev–Trinajstić information content (AvgIpc) is 2.47. The number of halogens is 3. The van der Waals surface area contributed by atoms with Crippen LogP contribution in [0.3, 0.4) is 0 Å². The number of alkyl halides is 3. The molecular weight excluding hydrogens is 295 g/mol. The van der Waals surface area contributed by atoms with Crippen LogP contribution in [-0.2, 0) is 6.42 Å². The van der Waals surface area contributed by atoms with Crippen LogP contribution in [0.2, 0.25) is 0 Å². The maximum atomic E-state index is 12.5. The van der Waals surface area contributed by atoms with Gasteiger partial charge in [-0.2, -0.15) is 5.26 Å². The Balaban J connectivity index is 2.46. The molecule has 2 aromatic carbocycles. The number of hydrogen-bond donors (Lipinski definition) is 0. The molecule has 0 aliphatic carbocycles. The maximum absolute atomic E-state index is 12.5. The van der Waals surface area contributed by atoms with Crippen LogP contribution in [0.1, 0.15) is 5.56 Å². The quantitative estimate of drug-likeness (QED) is 0.844. The second-order valence-electron chi connectivity index (χ2n) is 4.41. The van der Waals surface area contributed by atoms with Crippen LogP contribution < -0.4 is 9.47 Å². The smallest absolute Gasteiger partial charge is 0.496 e. The second kappa shape index (κ2) is 6.39. The Morgan fingerprint density at radius 2 is 1.82 bits per heavy atom. The van der Waals surface area contributed by atoms with Crippen LogP contribution in [0.15, 0.2) is 42.5 Å². The number of nitriles is 1. The molecule has 0 spiro atoms. The van der Waals surface area contributed by atoms with Crippen LogP contribution in [0.5, 0.6) is 11.5 Å². The average molecular weight is 307 g/mol. The molecule has 0 aliphatic heterocycles. The summed E-state index contributed by atoms with van der Waals surface area (Å²) in [6.07, 6.45) is -4.61. The molecule has 0 aliphatic rings. The molecule has 0 N–H and O–H groups in total. The number of methoxy groups -OCH3 is 1. The van der Waals surface area contributed by atoms with Crippen molar-refractivity contribution in [2.75, 3.05) is 7.11 Å². The number of hydrogen-bond acceptors (Lipinski definition) is 3. The monoisotopic (exact) mass is 307 g/mol. The van der Waals surface area contributed by atoms with Crippen LogP contribution in [0, 0.1) is 11.3 Å². The lowest BCUT2D eigenvalue weighted by molar-refractivity contribution is -0.274. The third-order valence-electron chi connectivity index (χ3n) is 2.98. The molecule has 0 heterocycles. The molecule has 0 fully saturated rings. The first-order chi connectivity index (χ1) is 10.4. The van der Waals surface area contributed by atoms with E-state index in [1.54, 1.807) is 24.3 Å². The molecule has 114 valence electrons. The molecule has 0 radical (unpaired) electrons. The van der Waals surface area contributed by atoms with E-state index in [0.717, 1.165) is 0 Å². The van der Waals surface area contributed by atoms with Crippen LogP contribution in [0.4, 0.5) is 13.2 Å². The van der Waals surface area contributed by atoms with Gasteiger partial charge in [0.2, 0.25) is 0 Å². The number of benzene rings is 2. The highest BCUT2D eigenvalue weighted by Gasteiger charge is 2.32. The minimum absolute atomic E-state index is 0.157. The van der Waals surface area contributed by atoms with E-state index in [1.165, 1.54) is 25.3 Å². The lowest BCUT2D eigenvalue weighted by Gasteiger charge is -2.14. The number of nitrogens with zero attached hydrogens (tertiary/aromatic N) is 1. The number of para-hydroxylation sites is 1.